The third-order valence-corrected chi connectivity index (χ3v) is 9.41. The van der Waals surface area contributed by atoms with Crippen molar-refractivity contribution in [1.82, 2.24) is 14.4 Å². The highest BCUT2D eigenvalue weighted by molar-refractivity contribution is 7.89. The molecule has 5 rings (SSSR count). The molecule has 1 spiro atoms. The quantitative estimate of drug-likeness (QED) is 0.726. The average molecular weight is 444 g/mol. The number of rotatable bonds is 3. The summed E-state index contributed by atoms with van der Waals surface area (Å²) in [6.45, 7) is 7.13. The normalized spacial score (nSPS) is 23.1. The lowest BCUT2D eigenvalue weighted by Crippen LogP contribution is -2.38. The second kappa shape index (κ2) is 7.17. The Balaban J connectivity index is 1.41. The minimum atomic E-state index is -3.56. The average Bonchev–Trinajstić information content (AvgIpc) is 3.26. The van der Waals surface area contributed by atoms with E-state index in [1.165, 1.54) is 6.42 Å². The Kier molecular flexibility index (Phi) is 4.79. The number of amides is 1. The van der Waals surface area contributed by atoms with Crippen molar-refractivity contribution in [3.8, 4) is 0 Å². The van der Waals surface area contributed by atoms with Crippen LogP contribution in [0.4, 0.5) is 0 Å². The van der Waals surface area contributed by atoms with Crippen molar-refractivity contribution in [3.63, 3.8) is 0 Å². The Hall–Kier alpha value is -2.19. The molecule has 166 valence electrons. The van der Waals surface area contributed by atoms with E-state index in [1.807, 2.05) is 13.0 Å². The topological polar surface area (TPSA) is 83.7 Å². The lowest BCUT2D eigenvalue weighted by Gasteiger charge is -2.38. The lowest BCUT2D eigenvalue weighted by atomic mass is 9.68. The maximum Gasteiger partial charge on any atom is 0.259 e. The largest absolute Gasteiger partial charge is 0.361 e. The van der Waals surface area contributed by atoms with Crippen LogP contribution in [0.5, 0.6) is 0 Å². The number of nitrogens with zero attached hydrogens (tertiary/aromatic N) is 3. The molecule has 1 amide bonds. The fourth-order valence-corrected chi connectivity index (χ4v) is 7.38. The molecule has 8 heteroatoms. The van der Waals surface area contributed by atoms with Gasteiger partial charge in [0.15, 0.2) is 0 Å². The summed E-state index contributed by atoms with van der Waals surface area (Å²) < 4.78 is 33.8. The van der Waals surface area contributed by atoms with Crippen molar-refractivity contribution < 1.29 is 17.7 Å². The molecule has 0 N–H and O–H groups in total. The van der Waals surface area contributed by atoms with Gasteiger partial charge in [-0.2, -0.15) is 4.31 Å². The molecule has 0 radical (unpaired) electrons. The number of carbonyl (C=O) groups excluding carboxylic acids is 1. The van der Waals surface area contributed by atoms with Gasteiger partial charge in [0, 0.05) is 25.7 Å². The standard InChI is InChI=1S/C23H29N3O4S/c1-15-12-23(8-4-9-23)14-26(15)31(28,29)20-6-5-18-7-10-25(13-19(18)11-20)22(27)21-16(2)24-30-17(21)3/h5-6,11,15H,4,7-10,12-14H2,1-3H3. The molecule has 1 saturated heterocycles. The van der Waals surface area contributed by atoms with Crippen LogP contribution >= 0.6 is 0 Å². The summed E-state index contributed by atoms with van der Waals surface area (Å²) in [6.07, 6.45) is 5.12. The van der Waals surface area contributed by atoms with E-state index in [-0.39, 0.29) is 17.4 Å². The summed E-state index contributed by atoms with van der Waals surface area (Å²) in [5, 5.41) is 3.89. The minimum absolute atomic E-state index is 0.0268. The van der Waals surface area contributed by atoms with Crippen molar-refractivity contribution in [2.24, 2.45) is 5.41 Å². The molecule has 0 bridgehead atoms. The van der Waals surface area contributed by atoms with Gasteiger partial charge in [0.05, 0.1) is 10.6 Å². The van der Waals surface area contributed by atoms with E-state index >= 15 is 0 Å². The van der Waals surface area contributed by atoms with Crippen LogP contribution in [0.1, 0.15) is 65.5 Å². The summed E-state index contributed by atoms with van der Waals surface area (Å²) >= 11 is 0. The molecular formula is C23H29N3O4S. The van der Waals surface area contributed by atoms with Gasteiger partial charge in [-0.3, -0.25) is 4.79 Å². The highest BCUT2D eigenvalue weighted by Crippen LogP contribution is 2.51. The summed E-state index contributed by atoms with van der Waals surface area (Å²) in [6, 6.07) is 5.45. The van der Waals surface area contributed by atoms with Gasteiger partial charge in [0.2, 0.25) is 10.0 Å². The highest BCUT2D eigenvalue weighted by Gasteiger charge is 2.50. The van der Waals surface area contributed by atoms with E-state index in [0.717, 1.165) is 30.4 Å². The number of fused-ring (bicyclic) bond motifs is 1. The van der Waals surface area contributed by atoms with E-state index in [4.69, 9.17) is 4.52 Å². The van der Waals surface area contributed by atoms with Gasteiger partial charge in [-0.15, -0.1) is 0 Å². The van der Waals surface area contributed by atoms with Gasteiger partial charge >= 0.3 is 0 Å². The van der Waals surface area contributed by atoms with Crippen molar-refractivity contribution in [3.05, 3.63) is 46.3 Å². The van der Waals surface area contributed by atoms with E-state index in [1.54, 1.807) is 35.2 Å². The number of aromatic nitrogens is 1. The van der Waals surface area contributed by atoms with Crippen LogP contribution in [0, 0.1) is 19.3 Å². The van der Waals surface area contributed by atoms with Crippen LogP contribution in [0.15, 0.2) is 27.6 Å². The number of hydrogen-bond donors (Lipinski definition) is 0. The van der Waals surface area contributed by atoms with E-state index in [9.17, 15) is 13.2 Å². The van der Waals surface area contributed by atoms with Crippen LogP contribution in [0.25, 0.3) is 0 Å². The number of benzene rings is 1. The smallest absolute Gasteiger partial charge is 0.259 e. The van der Waals surface area contributed by atoms with Crippen molar-refractivity contribution in [1.29, 1.82) is 0 Å². The monoisotopic (exact) mass is 443 g/mol. The molecular weight excluding hydrogens is 414 g/mol. The molecule has 31 heavy (non-hydrogen) atoms. The van der Waals surface area contributed by atoms with Crippen LogP contribution in [0.3, 0.4) is 0 Å². The van der Waals surface area contributed by atoms with Gasteiger partial charge in [-0.1, -0.05) is 17.6 Å². The molecule has 1 aromatic heterocycles. The molecule has 1 atom stereocenters. The second-order valence-corrected chi connectivity index (χ2v) is 11.5. The predicted octanol–water partition coefficient (Wildman–Crippen LogP) is 3.44. The van der Waals surface area contributed by atoms with E-state index < -0.39 is 10.0 Å². The molecule has 1 aromatic carbocycles. The predicted molar refractivity (Wildman–Crippen MR) is 115 cm³/mol. The van der Waals surface area contributed by atoms with Crippen LogP contribution in [-0.4, -0.2) is 47.8 Å². The highest BCUT2D eigenvalue weighted by atomic mass is 32.2. The minimum Gasteiger partial charge on any atom is -0.361 e. The Morgan fingerprint density at radius 2 is 2.00 bits per heavy atom. The Morgan fingerprint density at radius 3 is 2.61 bits per heavy atom. The molecule has 1 saturated carbocycles. The van der Waals surface area contributed by atoms with E-state index in [2.05, 4.69) is 5.16 Å². The molecule has 2 aliphatic heterocycles. The Labute approximate surface area is 183 Å². The lowest BCUT2D eigenvalue weighted by molar-refractivity contribution is 0.0732. The molecule has 2 fully saturated rings. The number of aryl methyl sites for hydroxylation is 2. The van der Waals surface area contributed by atoms with E-state index in [0.29, 0.717) is 48.0 Å². The number of sulfonamides is 1. The van der Waals surface area contributed by atoms with Gasteiger partial charge in [0.1, 0.15) is 11.3 Å². The third-order valence-electron chi connectivity index (χ3n) is 7.46. The Bertz CT molecular complexity index is 1130. The summed E-state index contributed by atoms with van der Waals surface area (Å²) in [5.41, 5.74) is 3.28. The molecule has 1 unspecified atom stereocenters. The zero-order valence-corrected chi connectivity index (χ0v) is 19.2. The Morgan fingerprint density at radius 1 is 1.23 bits per heavy atom. The first-order valence-electron chi connectivity index (χ1n) is 11.1. The zero-order chi connectivity index (χ0) is 22.0. The second-order valence-electron chi connectivity index (χ2n) is 9.56. The van der Waals surface area contributed by atoms with Crippen LogP contribution < -0.4 is 0 Å². The first-order valence-corrected chi connectivity index (χ1v) is 12.5. The molecule has 3 aliphatic rings. The first kappa shape index (κ1) is 20.7. The fraction of sp³-hybridized carbons (Fsp3) is 0.565. The maximum absolute atomic E-state index is 13.5. The van der Waals surface area contributed by atoms with Crippen LogP contribution in [-0.2, 0) is 23.0 Å². The van der Waals surface area contributed by atoms with Gasteiger partial charge in [0.25, 0.3) is 5.91 Å². The summed E-state index contributed by atoms with van der Waals surface area (Å²) in [5.74, 6) is 0.396. The molecule has 1 aliphatic carbocycles. The van der Waals surface area contributed by atoms with Gasteiger partial charge in [-0.25, -0.2) is 8.42 Å². The number of carbonyl (C=O) groups is 1. The number of hydrogen-bond acceptors (Lipinski definition) is 5. The first-order chi connectivity index (χ1) is 14.7. The fourth-order valence-electron chi connectivity index (χ4n) is 5.59. The van der Waals surface area contributed by atoms with Crippen molar-refractivity contribution in [2.75, 3.05) is 13.1 Å². The molecule has 7 nitrogen and oxygen atoms in total. The van der Waals surface area contributed by atoms with Gasteiger partial charge in [-0.05, 0) is 75.1 Å². The SMILES string of the molecule is Cc1noc(C)c1C(=O)N1CCc2ccc(S(=O)(=O)N3CC4(CCC4)CC3C)cc2C1. The summed E-state index contributed by atoms with van der Waals surface area (Å²) in [7, 11) is -3.56. The zero-order valence-electron chi connectivity index (χ0n) is 18.3. The third kappa shape index (κ3) is 3.31. The van der Waals surface area contributed by atoms with Crippen molar-refractivity contribution in [2.45, 2.75) is 70.4 Å². The maximum atomic E-state index is 13.5. The molecule has 3 heterocycles. The summed E-state index contributed by atoms with van der Waals surface area (Å²) in [4.78, 5) is 15.1. The van der Waals surface area contributed by atoms with Crippen LogP contribution in [0.2, 0.25) is 0 Å². The molecule has 2 aromatic rings. The van der Waals surface area contributed by atoms with Crippen molar-refractivity contribution >= 4 is 15.9 Å². The van der Waals surface area contributed by atoms with Gasteiger partial charge < -0.3 is 9.42 Å².